The summed E-state index contributed by atoms with van der Waals surface area (Å²) in [5.41, 5.74) is 1.15. The molecule has 0 bridgehead atoms. The average molecular weight is 278 g/mol. The number of benzene rings is 1. The molecule has 0 aromatic heterocycles. The summed E-state index contributed by atoms with van der Waals surface area (Å²) in [5, 5.41) is 6.18. The lowest BCUT2D eigenvalue weighted by Gasteiger charge is -2.23. The summed E-state index contributed by atoms with van der Waals surface area (Å²) in [6.07, 6.45) is 0.363. The number of hydrogen-bond acceptors (Lipinski definition) is 4. The van der Waals surface area contributed by atoms with Gasteiger partial charge in [-0.1, -0.05) is 12.1 Å². The van der Waals surface area contributed by atoms with Gasteiger partial charge < -0.3 is 20.1 Å². The number of aryl methyl sites for hydroxylation is 1. The van der Waals surface area contributed by atoms with E-state index in [1.54, 1.807) is 0 Å². The normalized spacial score (nSPS) is 18.6. The van der Waals surface area contributed by atoms with Gasteiger partial charge in [-0.15, -0.1) is 0 Å². The number of ether oxygens (including phenoxy) is 2. The van der Waals surface area contributed by atoms with E-state index < -0.39 is 0 Å². The van der Waals surface area contributed by atoms with E-state index in [0.29, 0.717) is 26.2 Å². The molecule has 1 fully saturated rings. The molecule has 5 nitrogen and oxygen atoms in total. The molecule has 110 valence electrons. The van der Waals surface area contributed by atoms with Gasteiger partial charge in [-0.25, -0.2) is 0 Å². The molecule has 0 saturated carbocycles. The van der Waals surface area contributed by atoms with E-state index in [9.17, 15) is 4.79 Å². The van der Waals surface area contributed by atoms with E-state index in [0.717, 1.165) is 24.5 Å². The van der Waals surface area contributed by atoms with Gasteiger partial charge in [0.05, 0.1) is 26.2 Å². The first-order chi connectivity index (χ1) is 9.74. The highest BCUT2D eigenvalue weighted by atomic mass is 16.5. The van der Waals surface area contributed by atoms with Crippen LogP contribution in [0.4, 0.5) is 0 Å². The second-order valence-corrected chi connectivity index (χ2v) is 4.95. The lowest BCUT2D eigenvalue weighted by molar-refractivity contribution is -0.121. The minimum absolute atomic E-state index is 0.00465. The smallest absolute Gasteiger partial charge is 0.223 e. The van der Waals surface area contributed by atoms with E-state index in [1.807, 2.05) is 31.2 Å². The topological polar surface area (TPSA) is 59.6 Å². The Morgan fingerprint density at radius 3 is 3.20 bits per heavy atom. The second kappa shape index (κ2) is 7.87. The molecule has 1 heterocycles. The number of carbonyl (C=O) groups excluding carboxylic acids is 1. The monoisotopic (exact) mass is 278 g/mol. The van der Waals surface area contributed by atoms with E-state index >= 15 is 0 Å². The lowest BCUT2D eigenvalue weighted by atomic mass is 10.2. The zero-order valence-electron chi connectivity index (χ0n) is 11.9. The fourth-order valence-corrected chi connectivity index (χ4v) is 2.04. The van der Waals surface area contributed by atoms with Crippen molar-refractivity contribution in [2.45, 2.75) is 19.4 Å². The fraction of sp³-hybridized carbons (Fsp3) is 0.533. The Morgan fingerprint density at radius 1 is 1.55 bits per heavy atom. The molecule has 1 unspecified atom stereocenters. The van der Waals surface area contributed by atoms with Gasteiger partial charge in [-0.2, -0.15) is 0 Å². The molecule has 0 spiro atoms. The minimum atomic E-state index is 0.00465. The van der Waals surface area contributed by atoms with Crippen LogP contribution in [0.1, 0.15) is 12.0 Å². The molecular weight excluding hydrogens is 256 g/mol. The summed E-state index contributed by atoms with van der Waals surface area (Å²) in [6, 6.07) is 8.03. The van der Waals surface area contributed by atoms with Crippen LogP contribution in [-0.4, -0.2) is 44.9 Å². The average Bonchev–Trinajstić information content (AvgIpc) is 2.46. The van der Waals surface area contributed by atoms with Crippen molar-refractivity contribution in [1.29, 1.82) is 0 Å². The van der Waals surface area contributed by atoms with Crippen LogP contribution in [0.15, 0.2) is 24.3 Å². The third kappa shape index (κ3) is 5.19. The predicted octanol–water partition coefficient (Wildman–Crippen LogP) is 0.869. The lowest BCUT2D eigenvalue weighted by Crippen LogP contribution is -2.48. The third-order valence-corrected chi connectivity index (χ3v) is 3.13. The van der Waals surface area contributed by atoms with Gasteiger partial charge in [0.2, 0.25) is 5.91 Å². The van der Waals surface area contributed by atoms with Crippen molar-refractivity contribution < 1.29 is 14.3 Å². The standard InChI is InChI=1S/C15H22N2O3/c1-12-3-2-4-14(9-12)20-7-5-15(18)17-10-13-11-19-8-6-16-13/h2-4,9,13,16H,5-8,10-11H2,1H3,(H,17,18). The Balaban J connectivity index is 1.60. The zero-order chi connectivity index (χ0) is 14.2. The largest absolute Gasteiger partial charge is 0.493 e. The van der Waals surface area contributed by atoms with Gasteiger partial charge in [0.15, 0.2) is 0 Å². The van der Waals surface area contributed by atoms with Gasteiger partial charge in [-0.05, 0) is 24.6 Å². The van der Waals surface area contributed by atoms with Crippen molar-refractivity contribution in [3.63, 3.8) is 0 Å². The fourth-order valence-electron chi connectivity index (χ4n) is 2.04. The summed E-state index contributed by atoms with van der Waals surface area (Å²) >= 11 is 0. The van der Waals surface area contributed by atoms with Crippen LogP contribution in [0, 0.1) is 6.92 Å². The summed E-state index contributed by atoms with van der Waals surface area (Å²) < 4.78 is 10.9. The molecule has 5 heteroatoms. The zero-order valence-corrected chi connectivity index (χ0v) is 11.9. The maximum Gasteiger partial charge on any atom is 0.223 e. The highest BCUT2D eigenvalue weighted by Gasteiger charge is 2.13. The molecule has 1 atom stereocenters. The second-order valence-electron chi connectivity index (χ2n) is 4.95. The number of amides is 1. The maximum absolute atomic E-state index is 11.7. The van der Waals surface area contributed by atoms with Crippen LogP contribution in [-0.2, 0) is 9.53 Å². The van der Waals surface area contributed by atoms with Crippen molar-refractivity contribution in [2.75, 3.05) is 32.9 Å². The first kappa shape index (κ1) is 14.8. The highest BCUT2D eigenvalue weighted by molar-refractivity contribution is 5.76. The molecule has 1 amide bonds. The van der Waals surface area contributed by atoms with Crippen LogP contribution < -0.4 is 15.4 Å². The number of hydrogen-bond donors (Lipinski definition) is 2. The first-order valence-corrected chi connectivity index (χ1v) is 7.01. The molecule has 20 heavy (non-hydrogen) atoms. The summed E-state index contributed by atoms with van der Waals surface area (Å²) in [7, 11) is 0. The summed E-state index contributed by atoms with van der Waals surface area (Å²) in [4.78, 5) is 11.7. The summed E-state index contributed by atoms with van der Waals surface area (Å²) in [5.74, 6) is 0.810. The van der Waals surface area contributed by atoms with Crippen LogP contribution in [0.5, 0.6) is 5.75 Å². The van der Waals surface area contributed by atoms with E-state index in [2.05, 4.69) is 10.6 Å². The van der Waals surface area contributed by atoms with Gasteiger partial charge in [-0.3, -0.25) is 4.79 Å². The Bertz CT molecular complexity index is 431. The number of carbonyl (C=O) groups is 1. The van der Waals surface area contributed by atoms with Crippen LogP contribution in [0.25, 0.3) is 0 Å². The van der Waals surface area contributed by atoms with Crippen molar-refractivity contribution in [2.24, 2.45) is 0 Å². The molecule has 1 aliphatic heterocycles. The first-order valence-electron chi connectivity index (χ1n) is 7.01. The Hall–Kier alpha value is -1.59. The van der Waals surface area contributed by atoms with E-state index in [4.69, 9.17) is 9.47 Å². The van der Waals surface area contributed by atoms with Crippen LogP contribution >= 0.6 is 0 Å². The van der Waals surface area contributed by atoms with Gasteiger partial charge in [0.25, 0.3) is 0 Å². The molecule has 0 radical (unpaired) electrons. The third-order valence-electron chi connectivity index (χ3n) is 3.13. The van der Waals surface area contributed by atoms with Crippen molar-refractivity contribution >= 4 is 5.91 Å². The molecule has 2 N–H and O–H groups in total. The van der Waals surface area contributed by atoms with Crippen molar-refractivity contribution in [1.82, 2.24) is 10.6 Å². The van der Waals surface area contributed by atoms with E-state index in [-0.39, 0.29) is 11.9 Å². The Labute approximate surface area is 119 Å². The van der Waals surface area contributed by atoms with Crippen molar-refractivity contribution in [3.05, 3.63) is 29.8 Å². The number of rotatable bonds is 6. The molecule has 2 rings (SSSR count). The maximum atomic E-state index is 11.7. The van der Waals surface area contributed by atoms with Gasteiger partial charge >= 0.3 is 0 Å². The predicted molar refractivity (Wildman–Crippen MR) is 76.9 cm³/mol. The number of morpholine rings is 1. The minimum Gasteiger partial charge on any atom is -0.493 e. The molecule has 1 aromatic carbocycles. The van der Waals surface area contributed by atoms with Crippen molar-refractivity contribution in [3.8, 4) is 5.75 Å². The molecule has 1 saturated heterocycles. The SMILES string of the molecule is Cc1cccc(OCCC(=O)NCC2COCCN2)c1. The van der Waals surface area contributed by atoms with Gasteiger partial charge in [0, 0.05) is 19.1 Å². The van der Waals surface area contributed by atoms with E-state index in [1.165, 1.54) is 0 Å². The molecule has 1 aliphatic rings. The summed E-state index contributed by atoms with van der Waals surface area (Å²) in [6.45, 7) is 5.25. The van der Waals surface area contributed by atoms with Gasteiger partial charge in [0.1, 0.15) is 5.75 Å². The Morgan fingerprint density at radius 2 is 2.45 bits per heavy atom. The number of nitrogens with one attached hydrogen (secondary N) is 2. The quantitative estimate of drug-likeness (QED) is 0.810. The van der Waals surface area contributed by atoms with Crippen LogP contribution in [0.2, 0.25) is 0 Å². The molecular formula is C15H22N2O3. The highest BCUT2D eigenvalue weighted by Crippen LogP contribution is 2.12. The molecule has 0 aliphatic carbocycles. The Kier molecular flexibility index (Phi) is 5.83. The molecule has 1 aromatic rings. The van der Waals surface area contributed by atoms with Crippen LogP contribution in [0.3, 0.4) is 0 Å².